The molecule has 2 aliphatic rings. The van der Waals surface area contributed by atoms with Gasteiger partial charge in [0.2, 0.25) is 0 Å². The molecule has 142 valence electrons. The van der Waals surface area contributed by atoms with Crippen molar-refractivity contribution in [3.63, 3.8) is 0 Å². The molecule has 2 atom stereocenters. The van der Waals surface area contributed by atoms with E-state index in [1.807, 2.05) is 36.4 Å². The molecule has 6 heteroatoms. The number of methoxy groups -OCH3 is 2. The molecule has 0 saturated heterocycles. The first-order valence-electron chi connectivity index (χ1n) is 9.07. The molecule has 0 amide bonds. The maximum atomic E-state index is 6.44. The molecule has 1 aromatic heterocycles. The maximum absolute atomic E-state index is 6.44. The largest absolute Gasteiger partial charge is 0.493 e. The van der Waals surface area contributed by atoms with E-state index in [-0.39, 0.29) is 12.3 Å². The van der Waals surface area contributed by atoms with Gasteiger partial charge < -0.3 is 19.6 Å². The summed E-state index contributed by atoms with van der Waals surface area (Å²) < 4.78 is 17.6. The number of nitrogens with one attached hydrogen (secondary N) is 1. The minimum Gasteiger partial charge on any atom is -0.493 e. The van der Waals surface area contributed by atoms with Crippen LogP contribution >= 0.6 is 11.3 Å². The third kappa shape index (κ3) is 2.65. The molecule has 0 bridgehead atoms. The highest BCUT2D eigenvalue weighted by atomic mass is 32.1. The Bertz CT molecular complexity index is 1030. The molecule has 0 spiro atoms. The van der Waals surface area contributed by atoms with Gasteiger partial charge in [0.1, 0.15) is 5.75 Å². The Morgan fingerprint density at radius 1 is 0.964 bits per heavy atom. The molecule has 5 nitrogen and oxygen atoms in total. The van der Waals surface area contributed by atoms with Crippen LogP contribution in [0.3, 0.4) is 0 Å². The molecule has 0 aliphatic carbocycles. The predicted molar refractivity (Wildman–Crippen MR) is 109 cm³/mol. The molecule has 3 heterocycles. The van der Waals surface area contributed by atoms with Crippen LogP contribution in [0.25, 0.3) is 5.70 Å². The van der Waals surface area contributed by atoms with E-state index in [0.717, 1.165) is 22.6 Å². The standard InChI is InChI=1S/C22H20N2O3S/c1-25-19-10-5-8-15(21(19)26-2)22-24-17(14-7-3-4-9-18(14)27-22)13-16(23-24)20-11-6-12-28-20/h3-13,17,22-23H,1-2H3/t17-,22+/m1/s1. The van der Waals surface area contributed by atoms with Crippen molar-refractivity contribution in [2.45, 2.75) is 12.3 Å². The van der Waals surface area contributed by atoms with Crippen molar-refractivity contribution in [1.82, 2.24) is 10.4 Å². The highest BCUT2D eigenvalue weighted by molar-refractivity contribution is 7.11. The second-order valence-corrected chi connectivity index (χ2v) is 7.56. The Kier molecular flexibility index (Phi) is 4.22. The molecule has 2 aromatic carbocycles. The number of fused-ring (bicyclic) bond motifs is 3. The predicted octanol–water partition coefficient (Wildman–Crippen LogP) is 4.76. The smallest absolute Gasteiger partial charge is 0.199 e. The van der Waals surface area contributed by atoms with Crippen molar-refractivity contribution in [3.05, 3.63) is 82.1 Å². The van der Waals surface area contributed by atoms with Crippen molar-refractivity contribution >= 4 is 17.0 Å². The summed E-state index contributed by atoms with van der Waals surface area (Å²) in [6.07, 6.45) is 1.89. The van der Waals surface area contributed by atoms with Crippen LogP contribution in [0.5, 0.6) is 17.2 Å². The molecule has 28 heavy (non-hydrogen) atoms. The molecule has 0 radical (unpaired) electrons. The van der Waals surface area contributed by atoms with Crippen molar-refractivity contribution in [2.75, 3.05) is 14.2 Å². The average Bonchev–Trinajstić information content (AvgIpc) is 3.42. The molecule has 1 N–H and O–H groups in total. The van der Waals surface area contributed by atoms with Gasteiger partial charge in [-0.25, -0.2) is 0 Å². The summed E-state index contributed by atoms with van der Waals surface area (Å²) in [6.45, 7) is 0. The number of para-hydroxylation sites is 2. The summed E-state index contributed by atoms with van der Waals surface area (Å²) in [6, 6.07) is 18.3. The number of hydrogen-bond acceptors (Lipinski definition) is 6. The van der Waals surface area contributed by atoms with Crippen LogP contribution < -0.4 is 19.6 Å². The minimum absolute atomic E-state index is 0.0583. The fourth-order valence-electron chi connectivity index (χ4n) is 3.83. The lowest BCUT2D eigenvalue weighted by Gasteiger charge is -2.39. The Hall–Kier alpha value is -2.96. The van der Waals surface area contributed by atoms with Gasteiger partial charge in [0.05, 0.1) is 36.4 Å². The van der Waals surface area contributed by atoms with E-state index in [4.69, 9.17) is 14.2 Å². The summed E-state index contributed by atoms with van der Waals surface area (Å²) in [5, 5.41) is 4.22. The van der Waals surface area contributed by atoms with Crippen LogP contribution in [0.4, 0.5) is 0 Å². The number of hydrogen-bond donors (Lipinski definition) is 1. The second kappa shape index (κ2) is 6.89. The van der Waals surface area contributed by atoms with E-state index in [1.165, 1.54) is 4.88 Å². The molecule has 2 aliphatic heterocycles. The first-order valence-corrected chi connectivity index (χ1v) is 9.95. The molecule has 0 fully saturated rings. The fraction of sp³-hybridized carbons (Fsp3) is 0.182. The third-order valence-electron chi connectivity index (χ3n) is 5.09. The van der Waals surface area contributed by atoms with E-state index in [1.54, 1.807) is 25.6 Å². The van der Waals surface area contributed by atoms with E-state index in [2.05, 4.69) is 40.1 Å². The van der Waals surface area contributed by atoms with Gasteiger partial charge in [-0.15, -0.1) is 11.3 Å². The molecular weight excluding hydrogens is 372 g/mol. The lowest BCUT2D eigenvalue weighted by Crippen LogP contribution is -2.43. The Morgan fingerprint density at radius 2 is 1.82 bits per heavy atom. The number of hydrazine groups is 1. The second-order valence-electron chi connectivity index (χ2n) is 6.61. The first kappa shape index (κ1) is 17.2. The van der Waals surface area contributed by atoms with Gasteiger partial charge in [-0.2, -0.15) is 5.01 Å². The van der Waals surface area contributed by atoms with E-state index >= 15 is 0 Å². The monoisotopic (exact) mass is 392 g/mol. The zero-order valence-corrected chi connectivity index (χ0v) is 16.4. The summed E-state index contributed by atoms with van der Waals surface area (Å²) in [7, 11) is 3.30. The van der Waals surface area contributed by atoms with Crippen molar-refractivity contribution < 1.29 is 14.2 Å². The van der Waals surface area contributed by atoms with Crippen molar-refractivity contribution in [1.29, 1.82) is 0 Å². The zero-order valence-electron chi connectivity index (χ0n) is 15.6. The number of benzene rings is 2. The maximum Gasteiger partial charge on any atom is 0.199 e. The summed E-state index contributed by atoms with van der Waals surface area (Å²) in [5.74, 6) is 2.24. The topological polar surface area (TPSA) is 43.0 Å². The normalized spacial score (nSPS) is 20.4. The van der Waals surface area contributed by atoms with Gasteiger partial charge in [0, 0.05) is 5.56 Å². The highest BCUT2D eigenvalue weighted by Gasteiger charge is 2.41. The van der Waals surface area contributed by atoms with Crippen LogP contribution in [-0.2, 0) is 0 Å². The SMILES string of the molecule is COc1cccc([C@@H]2Oc3ccccc3[C@H]3C=C(c4cccs4)NN32)c1OC. The number of nitrogens with zero attached hydrogens (tertiary/aromatic N) is 1. The lowest BCUT2D eigenvalue weighted by molar-refractivity contribution is -0.0339. The van der Waals surface area contributed by atoms with Gasteiger partial charge in [0.25, 0.3) is 0 Å². The molecule has 0 unspecified atom stereocenters. The Morgan fingerprint density at radius 3 is 2.61 bits per heavy atom. The van der Waals surface area contributed by atoms with Crippen LogP contribution in [0.15, 0.2) is 66.1 Å². The quantitative estimate of drug-likeness (QED) is 0.694. The Labute approximate surface area is 167 Å². The first-order chi connectivity index (χ1) is 13.8. The Balaban J connectivity index is 1.62. The third-order valence-corrected chi connectivity index (χ3v) is 5.99. The highest BCUT2D eigenvalue weighted by Crippen LogP contribution is 2.48. The van der Waals surface area contributed by atoms with Gasteiger partial charge in [0.15, 0.2) is 17.7 Å². The zero-order chi connectivity index (χ0) is 19.1. The van der Waals surface area contributed by atoms with E-state index in [0.29, 0.717) is 11.5 Å². The van der Waals surface area contributed by atoms with Crippen LogP contribution in [0.1, 0.15) is 28.3 Å². The van der Waals surface area contributed by atoms with Crippen molar-refractivity contribution in [3.8, 4) is 17.2 Å². The number of rotatable bonds is 4. The summed E-state index contributed by atoms with van der Waals surface area (Å²) >= 11 is 1.71. The van der Waals surface area contributed by atoms with E-state index in [9.17, 15) is 0 Å². The minimum atomic E-state index is -0.362. The fourth-order valence-corrected chi connectivity index (χ4v) is 4.53. The molecular formula is C22H20N2O3S. The van der Waals surface area contributed by atoms with Crippen molar-refractivity contribution in [2.24, 2.45) is 0 Å². The van der Waals surface area contributed by atoms with Crippen LogP contribution in [-0.4, -0.2) is 19.2 Å². The summed E-state index contributed by atoms with van der Waals surface area (Å²) in [5.41, 5.74) is 6.70. The molecule has 0 saturated carbocycles. The average molecular weight is 392 g/mol. The van der Waals surface area contributed by atoms with Gasteiger partial charge in [-0.3, -0.25) is 0 Å². The number of ether oxygens (including phenoxy) is 3. The van der Waals surface area contributed by atoms with Gasteiger partial charge >= 0.3 is 0 Å². The molecule has 3 aromatic rings. The van der Waals surface area contributed by atoms with Crippen LogP contribution in [0.2, 0.25) is 0 Å². The number of thiophene rings is 1. The van der Waals surface area contributed by atoms with Crippen LogP contribution in [0, 0.1) is 0 Å². The van der Waals surface area contributed by atoms with Gasteiger partial charge in [-0.1, -0.05) is 30.3 Å². The lowest BCUT2D eigenvalue weighted by atomic mass is 10.0. The summed E-state index contributed by atoms with van der Waals surface area (Å²) in [4.78, 5) is 1.20. The molecule has 5 rings (SSSR count). The van der Waals surface area contributed by atoms with Gasteiger partial charge in [-0.05, 0) is 35.7 Å². The van der Waals surface area contributed by atoms with E-state index < -0.39 is 0 Å².